The van der Waals surface area contributed by atoms with Crippen molar-refractivity contribution in [2.24, 2.45) is 5.41 Å². The first-order chi connectivity index (χ1) is 5.57. The molecule has 0 radical (unpaired) electrons. The van der Waals surface area contributed by atoms with E-state index >= 15 is 0 Å². The van der Waals surface area contributed by atoms with E-state index in [4.69, 9.17) is 0 Å². The molecule has 1 aliphatic carbocycles. The molecule has 0 amide bonds. The number of esters is 1. The van der Waals surface area contributed by atoms with Gasteiger partial charge >= 0.3 is 5.97 Å². The lowest BCUT2D eigenvalue weighted by Gasteiger charge is -2.13. The van der Waals surface area contributed by atoms with E-state index in [2.05, 4.69) is 11.7 Å². The lowest BCUT2D eigenvalue weighted by atomic mass is 10.0. The molecule has 0 aliphatic heterocycles. The Hall–Kier alpha value is -0.570. The highest BCUT2D eigenvalue weighted by atomic mass is 16.5. The second kappa shape index (κ2) is 3.44. The van der Waals surface area contributed by atoms with Crippen LogP contribution in [0.15, 0.2) is 0 Å². The van der Waals surface area contributed by atoms with Gasteiger partial charge in [-0.25, -0.2) is 4.79 Å². The SMILES string of the molecule is CCOC(=O)C(O)CC1(C)CC1. The second-order valence-electron chi connectivity index (χ2n) is 3.78. The number of ether oxygens (including phenoxy) is 1. The van der Waals surface area contributed by atoms with Crippen LogP contribution in [-0.4, -0.2) is 23.8 Å². The number of aliphatic hydroxyl groups excluding tert-OH is 1. The van der Waals surface area contributed by atoms with Crippen LogP contribution in [0.2, 0.25) is 0 Å². The van der Waals surface area contributed by atoms with Crippen molar-refractivity contribution in [1.29, 1.82) is 0 Å². The Morgan fingerprint density at radius 3 is 2.67 bits per heavy atom. The third-order valence-corrected chi connectivity index (χ3v) is 2.35. The summed E-state index contributed by atoms with van der Waals surface area (Å²) in [5, 5.41) is 9.35. The van der Waals surface area contributed by atoms with Crippen molar-refractivity contribution in [3.05, 3.63) is 0 Å². The maximum atomic E-state index is 11.0. The monoisotopic (exact) mass is 172 g/mol. The Morgan fingerprint density at radius 1 is 1.67 bits per heavy atom. The second-order valence-corrected chi connectivity index (χ2v) is 3.78. The maximum absolute atomic E-state index is 11.0. The predicted molar refractivity (Wildman–Crippen MR) is 44.6 cm³/mol. The number of hydrogen-bond donors (Lipinski definition) is 1. The fourth-order valence-corrected chi connectivity index (χ4v) is 1.21. The van der Waals surface area contributed by atoms with Crippen LogP contribution in [0.4, 0.5) is 0 Å². The molecule has 1 saturated carbocycles. The van der Waals surface area contributed by atoms with Crippen LogP contribution in [0.5, 0.6) is 0 Å². The zero-order valence-corrected chi connectivity index (χ0v) is 7.67. The van der Waals surface area contributed by atoms with Gasteiger partial charge in [-0.2, -0.15) is 0 Å². The van der Waals surface area contributed by atoms with Gasteiger partial charge in [0, 0.05) is 0 Å². The van der Waals surface area contributed by atoms with Crippen molar-refractivity contribution >= 4 is 5.97 Å². The number of carbonyl (C=O) groups is 1. The summed E-state index contributed by atoms with van der Waals surface area (Å²) in [6, 6.07) is 0. The van der Waals surface area contributed by atoms with Gasteiger partial charge in [0.25, 0.3) is 0 Å². The van der Waals surface area contributed by atoms with Crippen molar-refractivity contribution in [3.8, 4) is 0 Å². The standard InChI is InChI=1S/C9H16O3/c1-3-12-8(11)7(10)6-9(2)4-5-9/h7,10H,3-6H2,1-2H3. The smallest absolute Gasteiger partial charge is 0.334 e. The molecule has 1 unspecified atom stereocenters. The first-order valence-electron chi connectivity index (χ1n) is 4.42. The van der Waals surface area contributed by atoms with Crippen molar-refractivity contribution in [2.45, 2.75) is 39.2 Å². The molecule has 3 heteroatoms. The molecule has 70 valence electrons. The Balaban J connectivity index is 2.27. The van der Waals surface area contributed by atoms with Gasteiger partial charge in [0.2, 0.25) is 0 Å². The summed E-state index contributed by atoms with van der Waals surface area (Å²) < 4.78 is 4.69. The molecular formula is C9H16O3. The molecule has 12 heavy (non-hydrogen) atoms. The molecule has 1 aliphatic rings. The van der Waals surface area contributed by atoms with Crippen LogP contribution in [0.3, 0.4) is 0 Å². The van der Waals surface area contributed by atoms with Crippen molar-refractivity contribution < 1.29 is 14.6 Å². The summed E-state index contributed by atoms with van der Waals surface area (Å²) in [6.07, 6.45) is 1.86. The van der Waals surface area contributed by atoms with E-state index in [1.54, 1.807) is 6.92 Å². The number of aliphatic hydroxyl groups is 1. The molecule has 0 aromatic rings. The maximum Gasteiger partial charge on any atom is 0.334 e. The van der Waals surface area contributed by atoms with E-state index in [1.165, 1.54) is 0 Å². The third-order valence-electron chi connectivity index (χ3n) is 2.35. The van der Waals surface area contributed by atoms with Crippen molar-refractivity contribution in [2.75, 3.05) is 6.61 Å². The van der Waals surface area contributed by atoms with Gasteiger partial charge in [-0.15, -0.1) is 0 Å². The van der Waals surface area contributed by atoms with Gasteiger partial charge < -0.3 is 9.84 Å². The molecule has 1 fully saturated rings. The fourth-order valence-electron chi connectivity index (χ4n) is 1.21. The van der Waals surface area contributed by atoms with Gasteiger partial charge in [-0.3, -0.25) is 0 Å². The minimum absolute atomic E-state index is 0.201. The summed E-state index contributed by atoms with van der Waals surface area (Å²) in [5.74, 6) is -0.481. The number of hydrogen-bond acceptors (Lipinski definition) is 3. The minimum Gasteiger partial charge on any atom is -0.464 e. The minimum atomic E-state index is -0.919. The molecule has 1 N–H and O–H groups in total. The lowest BCUT2D eigenvalue weighted by molar-refractivity contribution is -0.154. The Bertz CT molecular complexity index is 173. The molecule has 0 spiro atoms. The van der Waals surface area contributed by atoms with Gasteiger partial charge in [-0.1, -0.05) is 6.92 Å². The topological polar surface area (TPSA) is 46.5 Å². The highest BCUT2D eigenvalue weighted by molar-refractivity contribution is 5.74. The predicted octanol–water partition coefficient (Wildman–Crippen LogP) is 1.10. The number of carbonyl (C=O) groups excluding carboxylic acids is 1. The first kappa shape index (κ1) is 9.52. The summed E-state index contributed by atoms with van der Waals surface area (Å²) in [4.78, 5) is 11.0. The summed E-state index contributed by atoms with van der Waals surface area (Å²) >= 11 is 0. The molecule has 0 bridgehead atoms. The Labute approximate surface area is 72.7 Å². The quantitative estimate of drug-likeness (QED) is 0.646. The molecule has 0 heterocycles. The Kier molecular flexibility index (Phi) is 2.73. The molecule has 0 saturated heterocycles. The van der Waals surface area contributed by atoms with Crippen LogP contribution < -0.4 is 0 Å². The summed E-state index contributed by atoms with van der Waals surface area (Å²) in [6.45, 7) is 4.16. The van der Waals surface area contributed by atoms with E-state index in [9.17, 15) is 9.90 Å². The third kappa shape index (κ3) is 2.48. The molecule has 1 rings (SSSR count). The fraction of sp³-hybridized carbons (Fsp3) is 0.889. The van der Waals surface area contributed by atoms with Gasteiger partial charge in [-0.05, 0) is 31.6 Å². The normalized spacial score (nSPS) is 21.6. The molecule has 1 atom stereocenters. The molecular weight excluding hydrogens is 156 g/mol. The van der Waals surface area contributed by atoms with Crippen LogP contribution in [0.25, 0.3) is 0 Å². The summed E-state index contributed by atoms with van der Waals surface area (Å²) in [7, 11) is 0. The zero-order valence-electron chi connectivity index (χ0n) is 7.67. The van der Waals surface area contributed by atoms with Gasteiger partial charge in [0.1, 0.15) is 0 Å². The van der Waals surface area contributed by atoms with Crippen molar-refractivity contribution in [3.63, 3.8) is 0 Å². The number of rotatable bonds is 4. The molecule has 0 aromatic heterocycles. The lowest BCUT2D eigenvalue weighted by Crippen LogP contribution is -2.25. The zero-order chi connectivity index (χ0) is 9.19. The van der Waals surface area contributed by atoms with E-state index in [0.29, 0.717) is 13.0 Å². The van der Waals surface area contributed by atoms with Crippen molar-refractivity contribution in [1.82, 2.24) is 0 Å². The van der Waals surface area contributed by atoms with E-state index in [-0.39, 0.29) is 5.41 Å². The van der Waals surface area contributed by atoms with E-state index < -0.39 is 12.1 Å². The first-order valence-corrected chi connectivity index (χ1v) is 4.42. The highest BCUT2D eigenvalue weighted by Crippen LogP contribution is 2.48. The average Bonchev–Trinajstić information content (AvgIpc) is 2.68. The van der Waals surface area contributed by atoms with Gasteiger partial charge in [0.05, 0.1) is 6.61 Å². The Morgan fingerprint density at radius 2 is 2.25 bits per heavy atom. The highest BCUT2D eigenvalue weighted by Gasteiger charge is 2.40. The van der Waals surface area contributed by atoms with Crippen LogP contribution in [0, 0.1) is 5.41 Å². The molecule has 0 aromatic carbocycles. The largest absolute Gasteiger partial charge is 0.464 e. The van der Waals surface area contributed by atoms with Gasteiger partial charge in [0.15, 0.2) is 6.10 Å². The van der Waals surface area contributed by atoms with Crippen LogP contribution in [0.1, 0.15) is 33.1 Å². The van der Waals surface area contributed by atoms with E-state index in [1.807, 2.05) is 0 Å². The van der Waals surface area contributed by atoms with E-state index in [0.717, 1.165) is 12.8 Å². The summed E-state index contributed by atoms with van der Waals surface area (Å²) in [5.41, 5.74) is 0.201. The molecule has 3 nitrogen and oxygen atoms in total. The van der Waals surface area contributed by atoms with Crippen LogP contribution >= 0.6 is 0 Å². The average molecular weight is 172 g/mol. The van der Waals surface area contributed by atoms with Crippen LogP contribution in [-0.2, 0) is 9.53 Å².